The van der Waals surface area contributed by atoms with Crippen LogP contribution in [-0.2, 0) is 7.05 Å². The van der Waals surface area contributed by atoms with Crippen molar-refractivity contribution in [1.29, 1.82) is 0 Å². The Balaban J connectivity index is 2.51. The molecule has 4 heteroatoms. The van der Waals surface area contributed by atoms with Crippen LogP contribution >= 0.6 is 11.8 Å². The van der Waals surface area contributed by atoms with Crippen molar-refractivity contribution in [3.05, 3.63) is 64.2 Å². The molecule has 3 nitrogen and oxygen atoms in total. The summed E-state index contributed by atoms with van der Waals surface area (Å²) in [5.74, 6) is 0. The van der Waals surface area contributed by atoms with Crippen molar-refractivity contribution in [3.8, 4) is 0 Å². The summed E-state index contributed by atoms with van der Waals surface area (Å²) in [5, 5.41) is 6.57. The van der Waals surface area contributed by atoms with Crippen molar-refractivity contribution in [2.45, 2.75) is 27.7 Å². The van der Waals surface area contributed by atoms with Gasteiger partial charge in [-0.2, -0.15) is 5.10 Å². The summed E-state index contributed by atoms with van der Waals surface area (Å²) < 4.78 is 1.85. The lowest BCUT2D eigenvalue weighted by molar-refractivity contribution is 0.779. The molecule has 0 N–H and O–H groups in total. The molecular weight excluding hydrogens is 302 g/mol. The van der Waals surface area contributed by atoms with Gasteiger partial charge in [0.05, 0.1) is 5.52 Å². The number of rotatable bonds is 5. The lowest BCUT2D eigenvalue weighted by Crippen LogP contribution is -1.97. The number of benzene rings is 1. The van der Waals surface area contributed by atoms with Gasteiger partial charge in [0, 0.05) is 24.3 Å². The van der Waals surface area contributed by atoms with E-state index in [1.54, 1.807) is 11.8 Å². The molecule has 1 heterocycles. The molecule has 0 fully saturated rings. The molecule has 0 aliphatic rings. The van der Waals surface area contributed by atoms with E-state index < -0.39 is 0 Å². The summed E-state index contributed by atoms with van der Waals surface area (Å²) in [6.07, 6.45) is 3.87. The standard InChI is InChI=1S/C19H23N3S/c1-8-13(4)19(23-12(2)3)20-15(6)16-9-14(5)18-17(10-16)11-22(7)21-18/h8-11H,1-2H2,3-7H3/b19-13+,20-15+. The summed E-state index contributed by atoms with van der Waals surface area (Å²) in [6, 6.07) is 4.28. The molecule has 2 rings (SSSR count). The average molecular weight is 325 g/mol. The highest BCUT2D eigenvalue weighted by atomic mass is 32.2. The normalized spacial score (nSPS) is 13.2. The first kappa shape index (κ1) is 17.3. The second kappa shape index (κ2) is 7.01. The molecule has 1 aromatic carbocycles. The quantitative estimate of drug-likeness (QED) is 0.546. The predicted molar refractivity (Wildman–Crippen MR) is 103 cm³/mol. The van der Waals surface area contributed by atoms with Crippen molar-refractivity contribution < 1.29 is 0 Å². The topological polar surface area (TPSA) is 30.2 Å². The zero-order chi connectivity index (χ0) is 17.1. The van der Waals surface area contributed by atoms with Gasteiger partial charge in [-0.1, -0.05) is 31.0 Å². The first-order chi connectivity index (χ1) is 10.8. The Morgan fingerprint density at radius 2 is 2.00 bits per heavy atom. The molecule has 0 bridgehead atoms. The van der Waals surface area contributed by atoms with Crippen LogP contribution in [0.1, 0.15) is 31.9 Å². The molecule has 2 aromatic rings. The molecule has 0 atom stereocenters. The smallest absolute Gasteiger partial charge is 0.104 e. The molecule has 0 saturated carbocycles. The highest BCUT2D eigenvalue weighted by Gasteiger charge is 2.08. The predicted octanol–water partition coefficient (Wildman–Crippen LogP) is 5.38. The van der Waals surface area contributed by atoms with E-state index in [-0.39, 0.29) is 0 Å². The molecule has 0 aliphatic carbocycles. The molecule has 0 radical (unpaired) electrons. The van der Waals surface area contributed by atoms with E-state index >= 15 is 0 Å². The van der Waals surface area contributed by atoms with Gasteiger partial charge in [0.1, 0.15) is 5.03 Å². The number of hydrogen-bond acceptors (Lipinski definition) is 3. The highest BCUT2D eigenvalue weighted by Crippen LogP contribution is 2.29. The van der Waals surface area contributed by atoms with Crippen LogP contribution in [0.5, 0.6) is 0 Å². The Hall–Kier alpha value is -2.07. The Kier molecular flexibility index (Phi) is 5.26. The molecule has 1 aromatic heterocycles. The maximum absolute atomic E-state index is 4.81. The minimum atomic E-state index is 0.939. The van der Waals surface area contributed by atoms with E-state index in [0.29, 0.717) is 0 Å². The van der Waals surface area contributed by atoms with Crippen molar-refractivity contribution >= 4 is 28.4 Å². The summed E-state index contributed by atoms with van der Waals surface area (Å²) in [7, 11) is 1.94. The summed E-state index contributed by atoms with van der Waals surface area (Å²) in [6.45, 7) is 15.9. The minimum Gasteiger partial charge on any atom is -0.275 e. The molecule has 0 unspecified atom stereocenters. The Labute approximate surface area is 142 Å². The van der Waals surface area contributed by atoms with Crippen LogP contribution < -0.4 is 0 Å². The van der Waals surface area contributed by atoms with Crippen molar-refractivity contribution in [3.63, 3.8) is 0 Å². The molecule has 23 heavy (non-hydrogen) atoms. The van der Waals surface area contributed by atoms with Gasteiger partial charge in [-0.25, -0.2) is 4.99 Å². The van der Waals surface area contributed by atoms with Gasteiger partial charge in [0.15, 0.2) is 0 Å². The highest BCUT2D eigenvalue weighted by molar-refractivity contribution is 8.06. The number of aryl methyl sites for hydroxylation is 2. The van der Waals surface area contributed by atoms with Gasteiger partial charge < -0.3 is 0 Å². The van der Waals surface area contributed by atoms with Gasteiger partial charge in [-0.05, 0) is 61.4 Å². The summed E-state index contributed by atoms with van der Waals surface area (Å²) in [4.78, 5) is 5.82. The number of allylic oxidation sites excluding steroid dienone is 3. The lowest BCUT2D eigenvalue weighted by atomic mass is 10.0. The number of aliphatic imine (C=N–C) groups is 1. The van der Waals surface area contributed by atoms with Gasteiger partial charge in [-0.3, -0.25) is 4.68 Å². The molecular formula is C19H23N3S. The van der Waals surface area contributed by atoms with Crippen LogP contribution in [0.2, 0.25) is 0 Å². The first-order valence-electron chi connectivity index (χ1n) is 7.48. The van der Waals surface area contributed by atoms with Crippen LogP contribution in [0, 0.1) is 6.92 Å². The van der Waals surface area contributed by atoms with Gasteiger partial charge in [0.2, 0.25) is 0 Å². The Bertz CT molecular complexity index is 838. The average Bonchev–Trinajstić information content (AvgIpc) is 2.86. The maximum Gasteiger partial charge on any atom is 0.104 e. The van der Waals surface area contributed by atoms with Gasteiger partial charge in [-0.15, -0.1) is 0 Å². The van der Waals surface area contributed by atoms with Crippen molar-refractivity contribution in [1.82, 2.24) is 9.78 Å². The van der Waals surface area contributed by atoms with Crippen LogP contribution in [-0.4, -0.2) is 15.5 Å². The second-order valence-corrected chi connectivity index (χ2v) is 7.02. The lowest BCUT2D eigenvalue weighted by Gasteiger charge is -2.08. The van der Waals surface area contributed by atoms with Crippen LogP contribution in [0.3, 0.4) is 0 Å². The fourth-order valence-electron chi connectivity index (χ4n) is 2.30. The van der Waals surface area contributed by atoms with E-state index in [4.69, 9.17) is 4.99 Å². The van der Waals surface area contributed by atoms with Gasteiger partial charge >= 0.3 is 0 Å². The van der Waals surface area contributed by atoms with E-state index in [1.165, 1.54) is 0 Å². The maximum atomic E-state index is 4.81. The number of thioether (sulfide) groups is 1. The molecule has 0 saturated heterocycles. The van der Waals surface area contributed by atoms with Crippen molar-refractivity contribution in [2.75, 3.05) is 0 Å². The van der Waals surface area contributed by atoms with E-state index in [2.05, 4.69) is 37.3 Å². The monoisotopic (exact) mass is 325 g/mol. The second-order valence-electron chi connectivity index (χ2n) is 5.73. The number of hydrogen-bond donors (Lipinski definition) is 0. The Morgan fingerprint density at radius 3 is 2.61 bits per heavy atom. The fourth-order valence-corrected chi connectivity index (χ4v) is 3.06. The van der Waals surface area contributed by atoms with Crippen LogP contribution in [0.4, 0.5) is 0 Å². The summed E-state index contributed by atoms with van der Waals surface area (Å²) >= 11 is 1.58. The minimum absolute atomic E-state index is 0.939. The van der Waals surface area contributed by atoms with Crippen molar-refractivity contribution in [2.24, 2.45) is 12.0 Å². The molecule has 0 aliphatic heterocycles. The number of nitrogens with zero attached hydrogens (tertiary/aromatic N) is 3. The first-order valence-corrected chi connectivity index (χ1v) is 8.29. The molecule has 0 spiro atoms. The van der Waals surface area contributed by atoms with E-state index in [1.807, 2.05) is 44.8 Å². The third kappa shape index (κ3) is 4.02. The van der Waals surface area contributed by atoms with Crippen LogP contribution in [0.25, 0.3) is 10.9 Å². The van der Waals surface area contributed by atoms with Gasteiger partial charge in [0.25, 0.3) is 0 Å². The van der Waals surface area contributed by atoms with Crippen LogP contribution in [0.15, 0.2) is 58.1 Å². The number of aromatic nitrogens is 2. The third-order valence-electron chi connectivity index (χ3n) is 3.52. The Morgan fingerprint density at radius 1 is 1.30 bits per heavy atom. The molecule has 0 amide bonds. The SMILES string of the molecule is C=C/C(C)=C(\N=C(/C)c1cc(C)c2nn(C)cc2c1)SC(=C)C. The van der Waals surface area contributed by atoms with E-state index in [0.717, 1.165) is 43.2 Å². The molecule has 120 valence electrons. The third-order valence-corrected chi connectivity index (χ3v) is 4.47. The largest absolute Gasteiger partial charge is 0.275 e. The zero-order valence-corrected chi connectivity index (χ0v) is 15.3. The summed E-state index contributed by atoms with van der Waals surface area (Å²) in [5.41, 5.74) is 5.34. The zero-order valence-electron chi connectivity index (χ0n) is 14.5. The number of fused-ring (bicyclic) bond motifs is 1. The fraction of sp³-hybridized carbons (Fsp3) is 0.263. The van der Waals surface area contributed by atoms with E-state index in [9.17, 15) is 0 Å².